The third kappa shape index (κ3) is 8.18. The van der Waals surface area contributed by atoms with E-state index >= 15 is 0 Å². The van der Waals surface area contributed by atoms with Crippen LogP contribution >= 0.6 is 0 Å². The van der Waals surface area contributed by atoms with Crippen molar-refractivity contribution in [1.29, 1.82) is 0 Å². The summed E-state index contributed by atoms with van der Waals surface area (Å²) in [5.74, 6) is 6.91. The number of rotatable bonds is 10. The molecule has 37 heavy (non-hydrogen) atoms. The van der Waals surface area contributed by atoms with Crippen molar-refractivity contribution in [3.8, 4) is 17.7 Å². The van der Waals surface area contributed by atoms with Gasteiger partial charge in [-0.15, -0.1) is 11.8 Å². The maximum absolute atomic E-state index is 11.4. The predicted molar refractivity (Wildman–Crippen MR) is 152 cm³/mol. The summed E-state index contributed by atoms with van der Waals surface area (Å²) in [5.41, 5.74) is 2.88. The van der Waals surface area contributed by atoms with Gasteiger partial charge in [0, 0.05) is 30.2 Å². The predicted octanol–water partition coefficient (Wildman–Crippen LogP) is 7.61. The summed E-state index contributed by atoms with van der Waals surface area (Å²) in [6.45, 7) is 11.6. The Morgan fingerprint density at radius 1 is 1.03 bits per heavy atom. The van der Waals surface area contributed by atoms with Crippen molar-refractivity contribution in [3.63, 3.8) is 0 Å². The third-order valence-corrected chi connectivity index (χ3v) is 11.3. The van der Waals surface area contributed by atoms with E-state index in [2.05, 4.69) is 57.8 Å². The molecule has 0 aliphatic rings. The Balaban J connectivity index is 1.94. The lowest BCUT2D eigenvalue weighted by Crippen LogP contribution is -2.41. The zero-order valence-corrected chi connectivity index (χ0v) is 24.0. The molecule has 0 amide bonds. The van der Waals surface area contributed by atoms with Crippen LogP contribution in [0, 0.1) is 11.8 Å². The first-order valence-electron chi connectivity index (χ1n) is 12.9. The summed E-state index contributed by atoms with van der Waals surface area (Å²) in [4.78, 5) is 16.3. The second-order valence-corrected chi connectivity index (χ2v) is 15.5. The van der Waals surface area contributed by atoms with Crippen LogP contribution in [0.1, 0.15) is 63.7 Å². The molecule has 5 nitrogen and oxygen atoms in total. The number of ether oxygens (including phenoxy) is 2. The summed E-state index contributed by atoms with van der Waals surface area (Å²) in [6, 6.07) is 20.3. The molecular weight excluding hydrogens is 478 g/mol. The first kappa shape index (κ1) is 28.4. The number of carbonyl (C=O) groups excluding carboxylic acids is 1. The Labute approximate surface area is 222 Å². The molecule has 1 heterocycles. The molecule has 0 saturated carbocycles. The smallest absolute Gasteiger partial charge is 0.305 e. The Bertz CT molecular complexity index is 1240. The van der Waals surface area contributed by atoms with Gasteiger partial charge in [0.1, 0.15) is 6.61 Å². The highest BCUT2D eigenvalue weighted by atomic mass is 28.4. The minimum atomic E-state index is -2.14. The van der Waals surface area contributed by atoms with Gasteiger partial charge in [0.05, 0.1) is 18.7 Å². The number of methoxy groups -OCH3 is 1. The highest BCUT2D eigenvalue weighted by molar-refractivity contribution is 6.74. The van der Waals surface area contributed by atoms with Crippen LogP contribution in [-0.2, 0) is 20.6 Å². The number of unbranched alkanes of at least 4 members (excludes halogenated alkanes) is 1. The van der Waals surface area contributed by atoms with E-state index in [0.717, 1.165) is 22.0 Å². The average Bonchev–Trinajstić information content (AvgIpc) is 2.87. The molecule has 2 aromatic carbocycles. The number of fused-ring (bicyclic) bond motifs is 1. The highest BCUT2D eigenvalue weighted by Crippen LogP contribution is 2.42. The molecule has 3 rings (SSSR count). The number of aromatic nitrogens is 1. The average molecular weight is 518 g/mol. The minimum Gasteiger partial charge on any atom is -0.473 e. The molecule has 0 fully saturated rings. The molecule has 0 radical (unpaired) electrons. The van der Waals surface area contributed by atoms with Gasteiger partial charge in [-0.05, 0) is 42.2 Å². The normalized spacial score (nSPS) is 12.5. The largest absolute Gasteiger partial charge is 0.473 e. The van der Waals surface area contributed by atoms with Gasteiger partial charge in [-0.2, -0.15) is 0 Å². The van der Waals surface area contributed by atoms with Gasteiger partial charge in [0.25, 0.3) is 0 Å². The topological polar surface area (TPSA) is 57.7 Å². The molecular formula is C31H39NO4Si. The molecule has 1 aromatic heterocycles. The van der Waals surface area contributed by atoms with Crippen molar-refractivity contribution in [2.75, 3.05) is 7.11 Å². The van der Waals surface area contributed by atoms with E-state index in [1.54, 1.807) is 0 Å². The number of para-hydroxylation sites is 1. The number of carbonyl (C=O) groups is 1. The molecule has 6 heteroatoms. The van der Waals surface area contributed by atoms with Crippen LogP contribution in [0.3, 0.4) is 0 Å². The van der Waals surface area contributed by atoms with E-state index in [0.29, 0.717) is 38.2 Å². The fraction of sp³-hybridized carbons (Fsp3) is 0.419. The van der Waals surface area contributed by atoms with Gasteiger partial charge >= 0.3 is 5.97 Å². The van der Waals surface area contributed by atoms with Gasteiger partial charge in [-0.1, -0.05) is 69.3 Å². The molecule has 0 bridgehead atoms. The van der Waals surface area contributed by atoms with E-state index < -0.39 is 8.32 Å². The van der Waals surface area contributed by atoms with E-state index in [4.69, 9.17) is 18.9 Å². The minimum absolute atomic E-state index is 0.0362. The lowest BCUT2D eigenvalue weighted by molar-refractivity contribution is -0.140. The fourth-order valence-electron chi connectivity index (χ4n) is 3.61. The maximum atomic E-state index is 11.4. The number of nitrogens with zero attached hydrogens (tertiary/aromatic N) is 1. The summed E-state index contributed by atoms with van der Waals surface area (Å²) >= 11 is 0. The molecule has 0 N–H and O–H groups in total. The van der Waals surface area contributed by atoms with Gasteiger partial charge < -0.3 is 13.9 Å². The quantitative estimate of drug-likeness (QED) is 0.120. The van der Waals surface area contributed by atoms with E-state index in [1.165, 1.54) is 7.11 Å². The molecule has 0 aliphatic carbocycles. The second-order valence-electron chi connectivity index (χ2n) is 10.7. The molecule has 0 spiro atoms. The van der Waals surface area contributed by atoms with Crippen LogP contribution < -0.4 is 4.74 Å². The second kappa shape index (κ2) is 12.9. The Hall–Kier alpha value is -3.14. The van der Waals surface area contributed by atoms with Crippen LogP contribution in [0.5, 0.6) is 5.88 Å². The maximum Gasteiger partial charge on any atom is 0.305 e. The molecule has 1 atom stereocenters. The first-order valence-corrected chi connectivity index (χ1v) is 15.8. The number of pyridine rings is 1. The molecule has 196 valence electrons. The van der Waals surface area contributed by atoms with Crippen molar-refractivity contribution in [3.05, 3.63) is 71.8 Å². The number of hydrogen-bond donors (Lipinski definition) is 0. The Kier molecular flexibility index (Phi) is 9.91. The zero-order valence-electron chi connectivity index (χ0n) is 23.0. The Morgan fingerprint density at radius 2 is 1.73 bits per heavy atom. The highest BCUT2D eigenvalue weighted by Gasteiger charge is 2.40. The van der Waals surface area contributed by atoms with Gasteiger partial charge in [0.15, 0.2) is 8.32 Å². The summed E-state index contributed by atoms with van der Waals surface area (Å²) in [6.07, 6.45) is 1.93. The third-order valence-electron chi connectivity index (χ3n) is 6.85. The zero-order chi connectivity index (χ0) is 26.9. The molecule has 1 unspecified atom stereocenters. The van der Waals surface area contributed by atoms with Crippen LogP contribution in [0.15, 0.2) is 60.7 Å². The van der Waals surface area contributed by atoms with E-state index in [1.807, 2.05) is 48.5 Å². The van der Waals surface area contributed by atoms with Crippen LogP contribution in [0.4, 0.5) is 0 Å². The summed E-state index contributed by atoms with van der Waals surface area (Å²) in [5, 5.41) is 1.08. The van der Waals surface area contributed by atoms with Crippen LogP contribution in [0.25, 0.3) is 10.9 Å². The summed E-state index contributed by atoms with van der Waals surface area (Å²) in [7, 11) is -0.727. The Morgan fingerprint density at radius 3 is 2.43 bits per heavy atom. The fourth-order valence-corrected chi connectivity index (χ4v) is 4.89. The lowest BCUT2D eigenvalue weighted by atomic mass is 10.1. The van der Waals surface area contributed by atoms with Gasteiger partial charge in [-0.25, -0.2) is 4.98 Å². The van der Waals surface area contributed by atoms with Gasteiger partial charge in [-0.3, -0.25) is 4.79 Å². The lowest BCUT2D eigenvalue weighted by Gasteiger charge is -2.39. The monoisotopic (exact) mass is 517 g/mol. The van der Waals surface area contributed by atoms with Gasteiger partial charge in [0.2, 0.25) is 5.88 Å². The van der Waals surface area contributed by atoms with Crippen LogP contribution in [0.2, 0.25) is 18.1 Å². The molecule has 0 aliphatic heterocycles. The van der Waals surface area contributed by atoms with Crippen molar-refractivity contribution in [2.45, 2.75) is 77.3 Å². The summed E-state index contributed by atoms with van der Waals surface area (Å²) < 4.78 is 18.0. The molecule has 0 saturated heterocycles. The van der Waals surface area contributed by atoms with Crippen molar-refractivity contribution in [1.82, 2.24) is 4.98 Å². The van der Waals surface area contributed by atoms with Crippen LogP contribution in [-0.4, -0.2) is 26.4 Å². The number of esters is 1. The standard InChI is InChI=1S/C31H39NO4Si/c1-31(2,3)37(5,6)36-28(20-12-7-8-13-21-29(33)34-4)26-22-25-18-14-15-19-27(25)32-30(26)35-23-24-16-10-9-11-17-24/h9-11,14-19,22,28H,8,13,20-21,23H2,1-6H3. The molecule has 3 aromatic rings. The van der Waals surface area contributed by atoms with E-state index in [-0.39, 0.29) is 17.1 Å². The SMILES string of the molecule is COC(=O)CCCC#CCC(O[Si](C)(C)C(C)(C)C)c1cc2ccccc2nc1OCc1ccccc1. The van der Waals surface area contributed by atoms with E-state index in [9.17, 15) is 4.79 Å². The van der Waals surface area contributed by atoms with Crippen molar-refractivity contribution >= 4 is 25.2 Å². The number of benzene rings is 2. The van der Waals surface area contributed by atoms with Crippen molar-refractivity contribution < 1.29 is 18.7 Å². The first-order chi connectivity index (χ1) is 17.6. The number of hydrogen-bond acceptors (Lipinski definition) is 5. The van der Waals surface area contributed by atoms with Crippen molar-refractivity contribution in [2.24, 2.45) is 0 Å².